The predicted octanol–water partition coefficient (Wildman–Crippen LogP) is 5.95. The zero-order valence-electron chi connectivity index (χ0n) is 25.4. The van der Waals surface area contributed by atoms with E-state index in [1.807, 2.05) is 71.0 Å². The first-order valence-corrected chi connectivity index (χ1v) is 15.4. The third-order valence-corrected chi connectivity index (χ3v) is 8.62. The molecule has 0 aromatic heterocycles. The van der Waals surface area contributed by atoms with Crippen molar-refractivity contribution in [3.63, 3.8) is 0 Å². The average Bonchev–Trinajstić information content (AvgIpc) is 2.89. The monoisotopic (exact) mass is 577 g/mol. The van der Waals surface area contributed by atoms with Crippen LogP contribution in [0.25, 0.3) is 0 Å². The van der Waals surface area contributed by atoms with E-state index in [9.17, 15) is 18.0 Å². The van der Waals surface area contributed by atoms with Crippen molar-refractivity contribution < 1.29 is 18.0 Å². The van der Waals surface area contributed by atoms with Gasteiger partial charge in [0.2, 0.25) is 11.8 Å². The fourth-order valence-electron chi connectivity index (χ4n) is 4.46. The molecule has 0 radical (unpaired) electrons. The molecule has 0 aliphatic heterocycles. The lowest BCUT2D eigenvalue weighted by Crippen LogP contribution is -2.54. The van der Waals surface area contributed by atoms with Crippen molar-refractivity contribution in [2.45, 2.75) is 84.3 Å². The van der Waals surface area contributed by atoms with Crippen molar-refractivity contribution in [1.29, 1.82) is 0 Å². The first-order valence-electron chi connectivity index (χ1n) is 13.9. The second kappa shape index (κ2) is 12.9. The SMILES string of the molecule is Cc1ccc(S(=O)(=O)N(CC(=O)N(Cc2cccc(C)c2)[C@@H](C)C(=O)NC(C)(C)C)c2ccc(C(C)C)cc2)cc1. The minimum atomic E-state index is -4.10. The molecule has 0 saturated heterocycles. The standard InChI is InChI=1S/C33H43N3O4S/c1-23(2)28-14-16-29(17-15-28)36(41(39,40)30-18-12-24(3)13-19-30)22-31(37)35(21-27-11-9-10-25(4)20-27)26(5)32(38)34-33(6,7)8/h9-20,23,26H,21-22H2,1-8H3,(H,34,38)/t26-/m0/s1. The summed E-state index contributed by atoms with van der Waals surface area (Å²) in [6, 6.07) is 20.7. The van der Waals surface area contributed by atoms with Gasteiger partial charge in [0, 0.05) is 12.1 Å². The van der Waals surface area contributed by atoms with E-state index in [2.05, 4.69) is 19.2 Å². The molecule has 3 rings (SSSR count). The predicted molar refractivity (Wildman–Crippen MR) is 165 cm³/mol. The quantitative estimate of drug-likeness (QED) is 0.322. The molecule has 1 atom stereocenters. The Morgan fingerprint density at radius 1 is 0.854 bits per heavy atom. The Kier molecular flexibility index (Phi) is 10.0. The number of nitrogens with zero attached hydrogens (tertiary/aromatic N) is 2. The highest BCUT2D eigenvalue weighted by Crippen LogP contribution is 2.27. The molecule has 0 bridgehead atoms. The Bertz CT molecular complexity index is 1460. The van der Waals surface area contributed by atoms with Gasteiger partial charge in [-0.1, -0.05) is 73.5 Å². The van der Waals surface area contributed by atoms with Crippen molar-refractivity contribution in [2.24, 2.45) is 0 Å². The third-order valence-electron chi connectivity index (χ3n) is 6.84. The molecule has 8 heteroatoms. The van der Waals surface area contributed by atoms with E-state index >= 15 is 0 Å². The number of carbonyl (C=O) groups is 2. The van der Waals surface area contributed by atoms with Crippen LogP contribution in [0.15, 0.2) is 77.7 Å². The summed E-state index contributed by atoms with van der Waals surface area (Å²) in [5, 5.41) is 2.95. The normalized spacial score (nSPS) is 12.6. The van der Waals surface area contributed by atoms with Crippen molar-refractivity contribution in [1.82, 2.24) is 10.2 Å². The maximum Gasteiger partial charge on any atom is 0.264 e. The van der Waals surface area contributed by atoms with E-state index in [4.69, 9.17) is 0 Å². The fourth-order valence-corrected chi connectivity index (χ4v) is 5.87. The second-order valence-corrected chi connectivity index (χ2v) is 13.9. The van der Waals surface area contributed by atoms with Gasteiger partial charge in [-0.2, -0.15) is 0 Å². The number of nitrogens with one attached hydrogen (secondary N) is 1. The van der Waals surface area contributed by atoms with E-state index in [1.165, 1.54) is 4.90 Å². The lowest BCUT2D eigenvalue weighted by molar-refractivity contribution is -0.140. The Balaban J connectivity index is 2.06. The van der Waals surface area contributed by atoms with Crippen LogP contribution in [0.5, 0.6) is 0 Å². The van der Waals surface area contributed by atoms with Crippen LogP contribution in [0.4, 0.5) is 5.69 Å². The largest absolute Gasteiger partial charge is 0.350 e. The fraction of sp³-hybridized carbons (Fsp3) is 0.394. The van der Waals surface area contributed by atoms with Gasteiger partial charge in [0.25, 0.3) is 10.0 Å². The van der Waals surface area contributed by atoms with Crippen molar-refractivity contribution in [2.75, 3.05) is 10.8 Å². The zero-order valence-corrected chi connectivity index (χ0v) is 26.2. The molecule has 0 spiro atoms. The van der Waals surface area contributed by atoms with Crippen molar-refractivity contribution in [3.8, 4) is 0 Å². The molecule has 0 heterocycles. The number of hydrogen-bond donors (Lipinski definition) is 1. The molecule has 0 unspecified atom stereocenters. The molecule has 220 valence electrons. The van der Waals surface area contributed by atoms with Crippen LogP contribution in [-0.4, -0.2) is 43.3 Å². The number of rotatable bonds is 10. The van der Waals surface area contributed by atoms with Crippen molar-refractivity contribution in [3.05, 3.63) is 95.1 Å². The number of anilines is 1. The minimum Gasteiger partial charge on any atom is -0.350 e. The molecular formula is C33H43N3O4S. The topological polar surface area (TPSA) is 86.8 Å². The highest BCUT2D eigenvalue weighted by atomic mass is 32.2. The smallest absolute Gasteiger partial charge is 0.264 e. The second-order valence-electron chi connectivity index (χ2n) is 12.0. The van der Waals surface area contributed by atoms with Crippen LogP contribution >= 0.6 is 0 Å². The Labute approximate surface area is 245 Å². The van der Waals surface area contributed by atoms with Crippen molar-refractivity contribution >= 4 is 27.5 Å². The zero-order chi connectivity index (χ0) is 30.5. The summed E-state index contributed by atoms with van der Waals surface area (Å²) in [5.41, 5.74) is 3.74. The lowest BCUT2D eigenvalue weighted by Gasteiger charge is -2.33. The van der Waals surface area contributed by atoms with Gasteiger partial charge in [-0.25, -0.2) is 8.42 Å². The van der Waals surface area contributed by atoms with Gasteiger partial charge in [-0.05, 0) is 82.9 Å². The van der Waals surface area contributed by atoms with Crippen LogP contribution in [-0.2, 0) is 26.2 Å². The van der Waals surface area contributed by atoms with Crippen LogP contribution in [0.3, 0.4) is 0 Å². The highest BCUT2D eigenvalue weighted by Gasteiger charge is 2.33. The number of amides is 2. The number of benzene rings is 3. The van der Waals surface area contributed by atoms with Crippen LogP contribution in [0.1, 0.15) is 69.7 Å². The number of hydrogen-bond acceptors (Lipinski definition) is 4. The number of sulfonamides is 1. The van der Waals surface area contributed by atoms with Crippen LogP contribution in [0.2, 0.25) is 0 Å². The summed E-state index contributed by atoms with van der Waals surface area (Å²) >= 11 is 0. The summed E-state index contributed by atoms with van der Waals surface area (Å²) in [5.74, 6) is -0.528. The van der Waals surface area contributed by atoms with Gasteiger partial charge in [0.05, 0.1) is 10.6 Å². The molecule has 41 heavy (non-hydrogen) atoms. The maximum atomic E-state index is 14.1. The van der Waals surface area contributed by atoms with Gasteiger partial charge in [0.15, 0.2) is 0 Å². The first kappa shape index (κ1) is 31.9. The Hall–Kier alpha value is -3.65. The average molecular weight is 578 g/mol. The van der Waals surface area contributed by atoms with E-state index in [0.717, 1.165) is 26.6 Å². The molecule has 2 amide bonds. The van der Waals surface area contributed by atoms with Gasteiger partial charge in [-0.15, -0.1) is 0 Å². The summed E-state index contributed by atoms with van der Waals surface area (Å²) in [7, 11) is -4.10. The Morgan fingerprint density at radius 2 is 1.46 bits per heavy atom. The summed E-state index contributed by atoms with van der Waals surface area (Å²) in [6.45, 7) is 15.0. The van der Waals surface area contributed by atoms with Crippen LogP contribution in [0, 0.1) is 13.8 Å². The van der Waals surface area contributed by atoms with Gasteiger partial charge >= 0.3 is 0 Å². The molecule has 1 N–H and O–H groups in total. The van der Waals surface area contributed by atoms with E-state index < -0.39 is 34.1 Å². The molecule has 0 aliphatic rings. The highest BCUT2D eigenvalue weighted by molar-refractivity contribution is 7.92. The first-order chi connectivity index (χ1) is 19.1. The molecule has 7 nitrogen and oxygen atoms in total. The third kappa shape index (κ3) is 8.43. The summed E-state index contributed by atoms with van der Waals surface area (Å²) in [4.78, 5) is 28.9. The van der Waals surface area contributed by atoms with E-state index in [1.54, 1.807) is 43.3 Å². The molecule has 0 saturated carbocycles. The molecule has 3 aromatic carbocycles. The van der Waals surface area contributed by atoms with E-state index in [-0.39, 0.29) is 23.3 Å². The van der Waals surface area contributed by atoms with Gasteiger partial charge < -0.3 is 10.2 Å². The molecule has 3 aromatic rings. The summed E-state index contributed by atoms with van der Waals surface area (Å²) < 4.78 is 29.1. The lowest BCUT2D eigenvalue weighted by atomic mass is 10.0. The summed E-state index contributed by atoms with van der Waals surface area (Å²) in [6.07, 6.45) is 0. The molecule has 0 aliphatic carbocycles. The van der Waals surface area contributed by atoms with Gasteiger partial charge in [-0.3, -0.25) is 13.9 Å². The molecule has 0 fully saturated rings. The van der Waals surface area contributed by atoms with Crippen LogP contribution < -0.4 is 9.62 Å². The number of carbonyl (C=O) groups excluding carboxylic acids is 2. The van der Waals surface area contributed by atoms with E-state index in [0.29, 0.717) is 5.69 Å². The Morgan fingerprint density at radius 3 is 2.00 bits per heavy atom. The molecular weight excluding hydrogens is 534 g/mol. The maximum absolute atomic E-state index is 14.1. The van der Waals surface area contributed by atoms with Gasteiger partial charge in [0.1, 0.15) is 12.6 Å². The number of aryl methyl sites for hydroxylation is 2. The minimum absolute atomic E-state index is 0.0904.